The molecule has 1 aliphatic heterocycles. The van der Waals surface area contributed by atoms with Crippen LogP contribution in [0.2, 0.25) is 0 Å². The Labute approximate surface area is 249 Å². The van der Waals surface area contributed by atoms with Gasteiger partial charge in [-0.05, 0) is 57.5 Å². The third kappa shape index (κ3) is 9.88. The first-order valence-electron chi connectivity index (χ1n) is 15.6. The maximum absolute atomic E-state index is 10.9. The van der Waals surface area contributed by atoms with Gasteiger partial charge in [-0.2, -0.15) is 4.98 Å². The van der Waals surface area contributed by atoms with Gasteiger partial charge in [0.25, 0.3) is 0 Å². The van der Waals surface area contributed by atoms with Gasteiger partial charge in [0.15, 0.2) is 0 Å². The Balaban J connectivity index is 1.21. The van der Waals surface area contributed by atoms with Gasteiger partial charge in [-0.25, -0.2) is 4.98 Å². The van der Waals surface area contributed by atoms with Crippen molar-refractivity contribution in [1.29, 1.82) is 0 Å². The lowest BCUT2D eigenvalue weighted by Gasteiger charge is -2.35. The maximum Gasteiger partial charge on any atom is 0.304 e. The van der Waals surface area contributed by atoms with Crippen LogP contribution in [-0.4, -0.2) is 99.3 Å². The minimum atomic E-state index is -0.756. The van der Waals surface area contributed by atoms with Crippen molar-refractivity contribution in [3.8, 4) is 0 Å². The Morgan fingerprint density at radius 2 is 1.83 bits per heavy atom. The molecule has 0 radical (unpaired) electrons. The Hall–Kier alpha value is -3.35. The first kappa shape index (κ1) is 31.6. The van der Waals surface area contributed by atoms with Crippen LogP contribution in [0.4, 0.5) is 11.8 Å². The van der Waals surface area contributed by atoms with Crippen LogP contribution < -0.4 is 20.9 Å². The van der Waals surface area contributed by atoms with E-state index in [1.165, 1.54) is 19.3 Å². The van der Waals surface area contributed by atoms with Crippen molar-refractivity contribution in [2.75, 3.05) is 62.6 Å². The summed E-state index contributed by atoms with van der Waals surface area (Å²) in [5, 5.41) is 29.2. The van der Waals surface area contributed by atoms with Crippen LogP contribution in [0.1, 0.15) is 58.1 Å². The molecular formula is C30H48N10O2. The Bertz CT molecular complexity index is 1230. The van der Waals surface area contributed by atoms with Crippen molar-refractivity contribution in [2.24, 2.45) is 0 Å². The lowest BCUT2D eigenvalue weighted by Crippen LogP contribution is -2.47. The zero-order valence-corrected chi connectivity index (χ0v) is 25.3. The number of hydrogen-bond acceptors (Lipinski definition) is 10. The molecule has 4 N–H and O–H groups in total. The molecule has 1 fully saturated rings. The third-order valence-corrected chi connectivity index (χ3v) is 7.74. The van der Waals surface area contributed by atoms with Crippen molar-refractivity contribution in [3.63, 3.8) is 0 Å². The second-order valence-corrected chi connectivity index (χ2v) is 11.0. The van der Waals surface area contributed by atoms with E-state index in [-0.39, 0.29) is 6.42 Å². The number of piperazine rings is 1. The number of aliphatic carboxylic acids is 1. The normalized spacial score (nSPS) is 14.9. The fourth-order valence-corrected chi connectivity index (χ4v) is 5.33. The van der Waals surface area contributed by atoms with Crippen molar-refractivity contribution in [2.45, 2.75) is 71.5 Å². The van der Waals surface area contributed by atoms with Crippen LogP contribution in [0.15, 0.2) is 30.5 Å². The molecule has 1 saturated heterocycles. The molecule has 0 aliphatic carbocycles. The van der Waals surface area contributed by atoms with E-state index in [1.807, 2.05) is 29.1 Å². The summed E-state index contributed by atoms with van der Waals surface area (Å²) in [4.78, 5) is 25.0. The number of carboxylic acids is 1. The van der Waals surface area contributed by atoms with Crippen LogP contribution in [0.3, 0.4) is 0 Å². The summed E-state index contributed by atoms with van der Waals surface area (Å²) in [6, 6.07) is 8.70. The van der Waals surface area contributed by atoms with Gasteiger partial charge in [0.2, 0.25) is 5.95 Å². The molecule has 1 aromatic carbocycles. The number of carboxylic acid groups (broad SMARTS) is 1. The molecule has 1 unspecified atom stereocenters. The van der Waals surface area contributed by atoms with E-state index in [0.29, 0.717) is 25.1 Å². The van der Waals surface area contributed by atoms with E-state index in [1.54, 1.807) is 0 Å². The van der Waals surface area contributed by atoms with Gasteiger partial charge in [-0.3, -0.25) is 14.4 Å². The second-order valence-electron chi connectivity index (χ2n) is 11.0. The molecule has 3 aromatic rings. The molecule has 1 atom stereocenters. The molecule has 2 aromatic heterocycles. The molecular weight excluding hydrogens is 532 g/mol. The number of fused-ring (bicyclic) bond motifs is 1. The maximum atomic E-state index is 10.9. The number of aryl methyl sites for hydroxylation is 1. The SMILES string of the molecule is CCCC(CC)NCCCNCCCn1cc(CNc2nc(N3CCN(CCC(=O)O)CC3)c3ccccc3n2)nn1. The summed E-state index contributed by atoms with van der Waals surface area (Å²) in [5.74, 6) is 0.707. The van der Waals surface area contributed by atoms with Crippen LogP contribution in [0, 0.1) is 0 Å². The molecule has 3 heterocycles. The third-order valence-electron chi connectivity index (χ3n) is 7.74. The fourth-order valence-electron chi connectivity index (χ4n) is 5.33. The number of anilines is 2. The van der Waals surface area contributed by atoms with Gasteiger partial charge in [-0.1, -0.05) is 37.6 Å². The number of carbonyl (C=O) groups is 1. The zero-order chi connectivity index (χ0) is 29.6. The Kier molecular flexibility index (Phi) is 12.7. The molecule has 0 spiro atoms. The lowest BCUT2D eigenvalue weighted by atomic mass is 10.1. The quantitative estimate of drug-likeness (QED) is 0.156. The van der Waals surface area contributed by atoms with Crippen LogP contribution >= 0.6 is 0 Å². The molecule has 12 heteroatoms. The number of para-hydroxylation sites is 1. The van der Waals surface area contributed by atoms with Gasteiger partial charge < -0.3 is 26.0 Å². The number of nitrogens with zero attached hydrogens (tertiary/aromatic N) is 7. The summed E-state index contributed by atoms with van der Waals surface area (Å²) in [7, 11) is 0. The summed E-state index contributed by atoms with van der Waals surface area (Å²) in [6.07, 6.45) is 7.98. The smallest absolute Gasteiger partial charge is 0.304 e. The highest BCUT2D eigenvalue weighted by Crippen LogP contribution is 2.26. The topological polar surface area (TPSA) is 136 Å². The molecule has 42 heavy (non-hydrogen) atoms. The van der Waals surface area contributed by atoms with Gasteiger partial charge in [0.05, 0.1) is 24.7 Å². The van der Waals surface area contributed by atoms with E-state index in [0.717, 1.165) is 87.6 Å². The fraction of sp³-hybridized carbons (Fsp3) is 0.633. The van der Waals surface area contributed by atoms with Gasteiger partial charge in [0.1, 0.15) is 11.5 Å². The molecule has 4 rings (SSSR count). The minimum Gasteiger partial charge on any atom is -0.481 e. The van der Waals surface area contributed by atoms with E-state index in [9.17, 15) is 4.79 Å². The van der Waals surface area contributed by atoms with Gasteiger partial charge in [0, 0.05) is 50.7 Å². The van der Waals surface area contributed by atoms with Gasteiger partial charge >= 0.3 is 5.97 Å². The van der Waals surface area contributed by atoms with Crippen molar-refractivity contribution in [1.82, 2.24) is 40.5 Å². The molecule has 1 aliphatic rings. The average molecular weight is 581 g/mol. The van der Waals surface area contributed by atoms with E-state index >= 15 is 0 Å². The standard InChI is InChI=1S/C30H48N10O2/c1-3-9-24(4-2)32-15-7-13-31-14-8-16-40-23-25(36-37-40)22-33-30-34-27-11-6-5-10-26(27)29(35-30)39-20-18-38(19-21-39)17-12-28(41)42/h5-6,10-11,23-24,31-32H,3-4,7-9,12-22H2,1-2H3,(H,41,42)(H,33,34,35). The first-order chi connectivity index (χ1) is 20.6. The number of aromatic nitrogens is 5. The summed E-state index contributed by atoms with van der Waals surface area (Å²) >= 11 is 0. The highest BCUT2D eigenvalue weighted by Gasteiger charge is 2.21. The van der Waals surface area contributed by atoms with Crippen molar-refractivity contribution in [3.05, 3.63) is 36.2 Å². The zero-order valence-electron chi connectivity index (χ0n) is 25.3. The highest BCUT2D eigenvalue weighted by molar-refractivity contribution is 5.90. The summed E-state index contributed by atoms with van der Waals surface area (Å²) in [6.45, 7) is 12.6. The molecule has 0 bridgehead atoms. The predicted octanol–water partition coefficient (Wildman–Crippen LogP) is 2.97. The Morgan fingerprint density at radius 3 is 2.62 bits per heavy atom. The monoisotopic (exact) mass is 580 g/mol. The number of nitrogens with one attached hydrogen (secondary N) is 3. The number of benzene rings is 1. The largest absolute Gasteiger partial charge is 0.481 e. The van der Waals surface area contributed by atoms with Crippen molar-refractivity contribution >= 4 is 28.6 Å². The van der Waals surface area contributed by atoms with Crippen molar-refractivity contribution < 1.29 is 9.90 Å². The minimum absolute atomic E-state index is 0.169. The van der Waals surface area contributed by atoms with E-state index in [4.69, 9.17) is 15.1 Å². The molecule has 0 saturated carbocycles. The van der Waals surface area contributed by atoms with Crippen LogP contribution in [0.5, 0.6) is 0 Å². The lowest BCUT2D eigenvalue weighted by molar-refractivity contribution is -0.137. The van der Waals surface area contributed by atoms with Gasteiger partial charge in [-0.15, -0.1) is 5.10 Å². The summed E-state index contributed by atoms with van der Waals surface area (Å²) in [5.41, 5.74) is 1.73. The number of hydrogen-bond donors (Lipinski definition) is 4. The molecule has 0 amide bonds. The second kappa shape index (κ2) is 16.9. The van der Waals surface area contributed by atoms with Crippen LogP contribution in [0.25, 0.3) is 10.9 Å². The van der Waals surface area contributed by atoms with Crippen LogP contribution in [-0.2, 0) is 17.9 Å². The van der Waals surface area contributed by atoms with E-state index in [2.05, 4.69) is 56.0 Å². The van der Waals surface area contributed by atoms with E-state index < -0.39 is 5.97 Å². The Morgan fingerprint density at radius 1 is 1.02 bits per heavy atom. The highest BCUT2D eigenvalue weighted by atomic mass is 16.4. The molecule has 12 nitrogen and oxygen atoms in total. The molecule has 230 valence electrons. The first-order valence-corrected chi connectivity index (χ1v) is 15.6. The average Bonchev–Trinajstić information content (AvgIpc) is 3.47. The predicted molar refractivity (Wildman–Crippen MR) is 167 cm³/mol. The summed E-state index contributed by atoms with van der Waals surface area (Å²) < 4.78 is 1.90. The number of rotatable bonds is 19.